The summed E-state index contributed by atoms with van der Waals surface area (Å²) in [5, 5.41) is 12.6. The number of rotatable bonds is 17. The topological polar surface area (TPSA) is 92.3 Å². The Morgan fingerprint density at radius 1 is 0.877 bits per heavy atom. The summed E-state index contributed by atoms with van der Waals surface area (Å²) >= 11 is 0. The van der Waals surface area contributed by atoms with Crippen molar-refractivity contribution in [2.24, 2.45) is 22.7 Å². The van der Waals surface area contributed by atoms with Gasteiger partial charge in [0.15, 0.2) is 0 Å². The van der Waals surface area contributed by atoms with Gasteiger partial charge in [-0.1, -0.05) is 108 Å². The van der Waals surface area contributed by atoms with Gasteiger partial charge in [0, 0.05) is 54.2 Å². The number of hydrogen-bond acceptors (Lipinski definition) is 8. The molecule has 0 amide bonds. The molecule has 1 aliphatic rings. The van der Waals surface area contributed by atoms with Gasteiger partial charge in [-0.2, -0.15) is 4.58 Å². The fraction of sp³-hybridized carbons (Fsp3) is 0.357. The van der Waals surface area contributed by atoms with Gasteiger partial charge in [-0.15, -0.1) is 0 Å². The fourth-order valence-electron chi connectivity index (χ4n) is 9.00. The van der Waals surface area contributed by atoms with Crippen molar-refractivity contribution in [1.82, 2.24) is 14.9 Å². The quantitative estimate of drug-likeness (QED) is 0.0422. The molecule has 6 aromatic rings. The van der Waals surface area contributed by atoms with E-state index in [1.54, 1.807) is 19.2 Å². The van der Waals surface area contributed by atoms with Gasteiger partial charge in [-0.3, -0.25) is 14.9 Å². The maximum Gasteiger partial charge on any atom is 0.377 e. The van der Waals surface area contributed by atoms with Gasteiger partial charge in [0.1, 0.15) is 36.5 Å². The second kappa shape index (κ2) is 22.0. The van der Waals surface area contributed by atoms with E-state index in [1.807, 2.05) is 92.1 Å². The Morgan fingerprint density at radius 3 is 2.26 bits per heavy atom. The van der Waals surface area contributed by atoms with E-state index in [0.29, 0.717) is 53.1 Å². The van der Waals surface area contributed by atoms with Crippen molar-refractivity contribution in [2.45, 2.75) is 73.3 Å². The third-order valence-corrected chi connectivity index (χ3v) is 12.9. The number of methoxy groups -OCH3 is 1. The fourth-order valence-corrected chi connectivity index (χ4v) is 9.00. The molecule has 0 saturated carbocycles. The maximum absolute atomic E-state index is 10.9. The van der Waals surface area contributed by atoms with Crippen LogP contribution in [0.15, 0.2) is 139 Å². The van der Waals surface area contributed by atoms with Crippen LogP contribution in [0.25, 0.3) is 33.1 Å². The van der Waals surface area contributed by atoms with E-state index in [2.05, 4.69) is 74.9 Å². The number of benzene rings is 4. The van der Waals surface area contributed by atoms with Gasteiger partial charge in [0.2, 0.25) is 5.90 Å². The molecule has 1 N–H and O–H groups in total. The van der Waals surface area contributed by atoms with E-state index >= 15 is 0 Å². The van der Waals surface area contributed by atoms with Crippen molar-refractivity contribution in [1.29, 1.82) is 0 Å². The molecule has 1 saturated heterocycles. The molecule has 0 bridgehead atoms. The highest BCUT2D eigenvalue weighted by Crippen LogP contribution is 2.35. The zero-order valence-electron chi connectivity index (χ0n) is 39.3. The van der Waals surface area contributed by atoms with Crippen LogP contribution in [0.4, 0.5) is 0 Å². The van der Waals surface area contributed by atoms with Gasteiger partial charge in [0.05, 0.1) is 35.0 Å². The molecule has 4 unspecified atom stereocenters. The van der Waals surface area contributed by atoms with Crippen LogP contribution in [0.2, 0.25) is 0 Å². The van der Waals surface area contributed by atoms with Gasteiger partial charge in [0.25, 0.3) is 0 Å². The minimum atomic E-state index is -0.412. The number of ether oxygens (including phenoxy) is 3. The molecule has 1 fully saturated rings. The zero-order valence-corrected chi connectivity index (χ0v) is 39.3. The van der Waals surface area contributed by atoms with Crippen LogP contribution in [0.1, 0.15) is 95.6 Å². The Hall–Kier alpha value is -6.32. The smallest absolute Gasteiger partial charge is 0.377 e. The number of fused-ring (bicyclic) bond motifs is 2. The first-order valence-corrected chi connectivity index (χ1v) is 23.4. The number of phenols is 1. The first kappa shape index (κ1) is 46.7. The lowest BCUT2D eigenvalue weighted by atomic mass is 9.86. The average molecular weight is 873 g/mol. The molecule has 1 aliphatic heterocycles. The molecule has 4 aromatic carbocycles. The summed E-state index contributed by atoms with van der Waals surface area (Å²) in [4.78, 5) is 17.4. The monoisotopic (exact) mass is 873 g/mol. The van der Waals surface area contributed by atoms with E-state index in [-0.39, 0.29) is 5.75 Å². The molecule has 2 aromatic heterocycles. The van der Waals surface area contributed by atoms with Crippen LogP contribution in [0.5, 0.6) is 11.5 Å². The lowest BCUT2D eigenvalue weighted by Crippen LogP contribution is -2.38. The molecular weight excluding hydrogens is 807 g/mol. The highest BCUT2D eigenvalue weighted by molar-refractivity contribution is 6.25. The molecular formula is C56H66N5O4+. The summed E-state index contributed by atoms with van der Waals surface area (Å²) in [6, 6.07) is 35.6. The Morgan fingerprint density at radius 2 is 1.57 bits per heavy atom. The van der Waals surface area contributed by atoms with Crippen LogP contribution in [-0.2, 0) is 9.47 Å². The Labute approximate surface area is 385 Å². The molecule has 9 nitrogen and oxygen atoms in total. The summed E-state index contributed by atoms with van der Waals surface area (Å²) in [5.74, 6) is 4.06. The highest BCUT2D eigenvalue weighted by atomic mass is 16.5. The Bertz CT molecular complexity index is 2660. The van der Waals surface area contributed by atoms with Gasteiger partial charge < -0.3 is 19.3 Å². The maximum atomic E-state index is 10.9. The summed E-state index contributed by atoms with van der Waals surface area (Å²) < 4.78 is 23.1. The van der Waals surface area contributed by atoms with E-state index in [9.17, 15) is 5.11 Å². The Kier molecular flexibility index (Phi) is 15.8. The molecule has 338 valence electrons. The molecule has 7 rings (SSSR count). The second-order valence-electron chi connectivity index (χ2n) is 17.5. The molecule has 9 heteroatoms. The van der Waals surface area contributed by atoms with Gasteiger partial charge in [-0.05, 0) is 97.8 Å². The van der Waals surface area contributed by atoms with E-state index in [4.69, 9.17) is 29.2 Å². The van der Waals surface area contributed by atoms with Gasteiger partial charge in [-0.25, -0.2) is 4.99 Å². The molecule has 3 heterocycles. The Balaban J connectivity index is 1.47. The largest absolute Gasteiger partial charge is 0.508 e. The molecule has 0 aliphatic carbocycles. The summed E-state index contributed by atoms with van der Waals surface area (Å²) in [7, 11) is 1.69. The number of aromatic hydroxyl groups is 1. The predicted molar refractivity (Wildman–Crippen MR) is 266 cm³/mol. The molecule has 4 atom stereocenters. The standard InChI is InChI=1S/C56H65N5O4/c1-9-31-60(35-38(4)10-2)37-53(47-26-29-57-52-25-23-46(63-8)34-50(47)52)64-41(7)54(44-20-16-13-17-21-44)55(59-40(6)43-18-14-12-15-19-43)65-56(61-32-28-39(5)42(11-3)36-61)48-27-30-58-51-24-22-45(62)33-49(48)51/h12-27,29-30,33-34,38-39,42,53H,6,9-11,28,31-32,35-37H2,1-5,7-8H3/p+1/b54-41+,59-55?. The number of allylic oxidation sites excluding steroid dienone is 1. The zero-order chi connectivity index (χ0) is 45.9. The number of nitrogens with zero attached hydrogens (tertiary/aromatic N) is 5. The lowest BCUT2D eigenvalue weighted by Gasteiger charge is -2.31. The number of hydrogen-bond donors (Lipinski definition) is 1. The first-order valence-electron chi connectivity index (χ1n) is 23.4. The van der Waals surface area contributed by atoms with Crippen molar-refractivity contribution in [3.8, 4) is 11.5 Å². The lowest BCUT2D eigenvalue weighted by molar-refractivity contribution is -0.555. The van der Waals surface area contributed by atoms with Crippen LogP contribution >= 0.6 is 0 Å². The number of pyridine rings is 2. The van der Waals surface area contributed by atoms with Crippen molar-refractivity contribution < 1.29 is 23.9 Å². The number of phenolic OH excluding ortho intramolecular Hbond substituents is 1. The first-order chi connectivity index (χ1) is 31.6. The number of aromatic nitrogens is 2. The van der Waals surface area contributed by atoms with Crippen LogP contribution < -0.4 is 4.74 Å². The molecule has 0 spiro atoms. The SMILES string of the molecule is C=C(N=C(OC(c1ccnc2ccc(O)cc12)=[N+]1CCC(C)C(CC)C1)/C(=C(\C)OC(CN(CCC)CC(C)CC)c1ccnc2ccc(OC)cc12)c1ccccc1)c1ccccc1. The van der Waals surface area contributed by atoms with Crippen molar-refractivity contribution in [3.63, 3.8) is 0 Å². The minimum absolute atomic E-state index is 0.156. The predicted octanol–water partition coefficient (Wildman–Crippen LogP) is 12.4. The van der Waals surface area contributed by atoms with E-state index in [1.165, 1.54) is 0 Å². The van der Waals surface area contributed by atoms with Crippen molar-refractivity contribution in [2.75, 3.05) is 39.8 Å². The molecule has 65 heavy (non-hydrogen) atoms. The highest BCUT2D eigenvalue weighted by Gasteiger charge is 2.35. The third kappa shape index (κ3) is 11.3. The summed E-state index contributed by atoms with van der Waals surface area (Å²) in [5.41, 5.74) is 6.44. The number of aliphatic imine (C=N–C) groups is 1. The van der Waals surface area contributed by atoms with Crippen LogP contribution in [0, 0.1) is 17.8 Å². The van der Waals surface area contributed by atoms with Crippen molar-refractivity contribution >= 4 is 44.9 Å². The minimum Gasteiger partial charge on any atom is -0.508 e. The molecule has 0 radical (unpaired) electrons. The second-order valence-corrected chi connectivity index (χ2v) is 17.5. The third-order valence-electron chi connectivity index (χ3n) is 12.9. The van der Waals surface area contributed by atoms with Gasteiger partial charge >= 0.3 is 5.90 Å². The van der Waals surface area contributed by atoms with Crippen molar-refractivity contribution in [3.05, 3.63) is 156 Å². The summed E-state index contributed by atoms with van der Waals surface area (Å²) in [6.07, 6.45) is 7.41. The van der Waals surface area contributed by atoms with Crippen LogP contribution in [0.3, 0.4) is 0 Å². The summed E-state index contributed by atoms with van der Waals surface area (Å²) in [6.45, 7) is 22.1. The normalized spacial score (nSPS) is 17.7. The van der Waals surface area contributed by atoms with E-state index < -0.39 is 6.10 Å². The number of piperidine rings is 1. The van der Waals surface area contributed by atoms with E-state index in [0.717, 1.165) is 102 Å². The average Bonchev–Trinajstić information content (AvgIpc) is 3.33. The van der Waals surface area contributed by atoms with Crippen LogP contribution in [-0.4, -0.2) is 76.2 Å².